The van der Waals surface area contributed by atoms with Crippen molar-refractivity contribution in [2.75, 3.05) is 13.1 Å². The standard InChI is InChI=1S/C16H26N2/c1-2-3-4-6-12-18-13-7-5-10-16(18)15-9-8-11-17-14-15/h8-9,11,14,16H,2-7,10,12-13H2,1H3/t16-/m0/s1. The molecule has 100 valence electrons. The molecule has 0 radical (unpaired) electrons. The fraction of sp³-hybridized carbons (Fsp3) is 0.688. The summed E-state index contributed by atoms with van der Waals surface area (Å²) >= 11 is 0. The average Bonchev–Trinajstić information content (AvgIpc) is 2.45. The van der Waals surface area contributed by atoms with Gasteiger partial charge in [0.2, 0.25) is 0 Å². The van der Waals surface area contributed by atoms with Crippen LogP contribution >= 0.6 is 0 Å². The molecule has 0 unspecified atom stereocenters. The summed E-state index contributed by atoms with van der Waals surface area (Å²) in [6.07, 6.45) is 13.4. The topological polar surface area (TPSA) is 16.1 Å². The van der Waals surface area contributed by atoms with E-state index in [4.69, 9.17) is 0 Å². The SMILES string of the molecule is CCCCCCN1CCCC[C@H]1c1cccnc1. The van der Waals surface area contributed by atoms with Gasteiger partial charge in [-0.05, 0) is 44.0 Å². The number of pyridine rings is 1. The number of likely N-dealkylation sites (tertiary alicyclic amines) is 1. The van der Waals surface area contributed by atoms with Crippen molar-refractivity contribution < 1.29 is 0 Å². The summed E-state index contributed by atoms with van der Waals surface area (Å²) in [6, 6.07) is 4.93. The maximum absolute atomic E-state index is 4.28. The first-order valence-corrected chi connectivity index (χ1v) is 7.56. The third-order valence-corrected chi connectivity index (χ3v) is 3.98. The minimum Gasteiger partial charge on any atom is -0.296 e. The van der Waals surface area contributed by atoms with Gasteiger partial charge in [-0.15, -0.1) is 0 Å². The van der Waals surface area contributed by atoms with E-state index >= 15 is 0 Å². The van der Waals surface area contributed by atoms with Crippen LogP contribution in [0.25, 0.3) is 0 Å². The van der Waals surface area contributed by atoms with E-state index in [0.717, 1.165) is 0 Å². The molecule has 0 saturated carbocycles. The molecule has 0 bridgehead atoms. The Morgan fingerprint density at radius 3 is 3.00 bits per heavy atom. The highest BCUT2D eigenvalue weighted by Gasteiger charge is 2.23. The maximum Gasteiger partial charge on any atom is 0.0363 e. The summed E-state index contributed by atoms with van der Waals surface area (Å²) in [5.74, 6) is 0. The van der Waals surface area contributed by atoms with Crippen molar-refractivity contribution in [1.82, 2.24) is 9.88 Å². The predicted molar refractivity (Wildman–Crippen MR) is 76.5 cm³/mol. The van der Waals surface area contributed by atoms with Gasteiger partial charge < -0.3 is 0 Å². The number of aromatic nitrogens is 1. The van der Waals surface area contributed by atoms with Crippen LogP contribution in [0.15, 0.2) is 24.5 Å². The fourth-order valence-corrected chi connectivity index (χ4v) is 2.95. The molecule has 2 nitrogen and oxygen atoms in total. The second-order valence-electron chi connectivity index (χ2n) is 5.39. The van der Waals surface area contributed by atoms with Crippen LogP contribution in [0.4, 0.5) is 0 Å². The molecule has 0 aromatic carbocycles. The van der Waals surface area contributed by atoms with Crippen molar-refractivity contribution in [3.8, 4) is 0 Å². The van der Waals surface area contributed by atoms with Gasteiger partial charge in [-0.2, -0.15) is 0 Å². The van der Waals surface area contributed by atoms with Gasteiger partial charge in [0, 0.05) is 18.4 Å². The number of piperidine rings is 1. The molecule has 2 rings (SSSR count). The first-order chi connectivity index (χ1) is 8.92. The van der Waals surface area contributed by atoms with Crippen LogP contribution in [-0.2, 0) is 0 Å². The molecule has 1 aromatic heterocycles. The quantitative estimate of drug-likeness (QED) is 0.700. The molecule has 1 atom stereocenters. The van der Waals surface area contributed by atoms with Crippen molar-refractivity contribution in [2.24, 2.45) is 0 Å². The van der Waals surface area contributed by atoms with Gasteiger partial charge >= 0.3 is 0 Å². The summed E-state index contributed by atoms with van der Waals surface area (Å²) in [5, 5.41) is 0. The van der Waals surface area contributed by atoms with Crippen molar-refractivity contribution in [1.29, 1.82) is 0 Å². The Labute approximate surface area is 111 Å². The van der Waals surface area contributed by atoms with E-state index in [1.165, 1.54) is 63.6 Å². The van der Waals surface area contributed by atoms with E-state index in [9.17, 15) is 0 Å². The van der Waals surface area contributed by atoms with Crippen LogP contribution < -0.4 is 0 Å². The van der Waals surface area contributed by atoms with Crippen molar-refractivity contribution >= 4 is 0 Å². The molecular weight excluding hydrogens is 220 g/mol. The number of hydrogen-bond donors (Lipinski definition) is 0. The average molecular weight is 246 g/mol. The minimum atomic E-state index is 0.620. The fourth-order valence-electron chi connectivity index (χ4n) is 2.95. The molecule has 1 saturated heterocycles. The van der Waals surface area contributed by atoms with E-state index in [1.807, 2.05) is 6.20 Å². The van der Waals surface area contributed by atoms with Gasteiger partial charge in [0.15, 0.2) is 0 Å². The van der Waals surface area contributed by atoms with Gasteiger partial charge in [0.1, 0.15) is 0 Å². The molecule has 0 aliphatic carbocycles. The zero-order valence-corrected chi connectivity index (χ0v) is 11.6. The molecule has 0 spiro atoms. The number of hydrogen-bond acceptors (Lipinski definition) is 2. The summed E-state index contributed by atoms with van der Waals surface area (Å²) in [7, 11) is 0. The van der Waals surface area contributed by atoms with Crippen LogP contribution in [0.2, 0.25) is 0 Å². The monoisotopic (exact) mass is 246 g/mol. The van der Waals surface area contributed by atoms with Crippen molar-refractivity contribution in [2.45, 2.75) is 57.9 Å². The summed E-state index contributed by atoms with van der Waals surface area (Å²) in [5.41, 5.74) is 1.41. The van der Waals surface area contributed by atoms with Crippen LogP contribution in [0.3, 0.4) is 0 Å². The number of unbranched alkanes of at least 4 members (excludes halogenated alkanes) is 3. The zero-order valence-electron chi connectivity index (χ0n) is 11.6. The lowest BCUT2D eigenvalue weighted by Crippen LogP contribution is -2.34. The lowest BCUT2D eigenvalue weighted by Gasteiger charge is -2.36. The Kier molecular flexibility index (Phi) is 5.66. The van der Waals surface area contributed by atoms with E-state index in [-0.39, 0.29) is 0 Å². The molecule has 1 aromatic rings. The highest BCUT2D eigenvalue weighted by atomic mass is 15.2. The molecule has 2 heteroatoms. The summed E-state index contributed by atoms with van der Waals surface area (Å²) < 4.78 is 0. The highest BCUT2D eigenvalue weighted by Crippen LogP contribution is 2.30. The zero-order chi connectivity index (χ0) is 12.6. The second kappa shape index (κ2) is 7.52. The second-order valence-corrected chi connectivity index (χ2v) is 5.39. The molecule has 2 heterocycles. The third-order valence-electron chi connectivity index (χ3n) is 3.98. The van der Waals surface area contributed by atoms with E-state index in [2.05, 4.69) is 35.1 Å². The van der Waals surface area contributed by atoms with Crippen molar-refractivity contribution in [3.63, 3.8) is 0 Å². The van der Waals surface area contributed by atoms with Gasteiger partial charge in [-0.3, -0.25) is 9.88 Å². The lowest BCUT2D eigenvalue weighted by atomic mass is 9.96. The molecule has 1 aliphatic rings. The van der Waals surface area contributed by atoms with Gasteiger partial charge in [-0.25, -0.2) is 0 Å². The molecule has 0 amide bonds. The first kappa shape index (κ1) is 13.5. The van der Waals surface area contributed by atoms with Crippen LogP contribution in [0.5, 0.6) is 0 Å². The van der Waals surface area contributed by atoms with Gasteiger partial charge in [0.25, 0.3) is 0 Å². The summed E-state index contributed by atoms with van der Waals surface area (Å²) in [6.45, 7) is 4.81. The van der Waals surface area contributed by atoms with Gasteiger partial charge in [-0.1, -0.05) is 38.7 Å². The summed E-state index contributed by atoms with van der Waals surface area (Å²) in [4.78, 5) is 6.95. The van der Waals surface area contributed by atoms with Crippen LogP contribution in [0.1, 0.15) is 63.5 Å². The molecule has 0 N–H and O–H groups in total. The highest BCUT2D eigenvalue weighted by molar-refractivity contribution is 5.14. The van der Waals surface area contributed by atoms with Crippen LogP contribution in [-0.4, -0.2) is 23.0 Å². The van der Waals surface area contributed by atoms with Crippen LogP contribution in [0, 0.1) is 0 Å². The van der Waals surface area contributed by atoms with E-state index in [0.29, 0.717) is 6.04 Å². The predicted octanol–water partition coefficient (Wildman–Crippen LogP) is 4.19. The van der Waals surface area contributed by atoms with E-state index in [1.54, 1.807) is 0 Å². The van der Waals surface area contributed by atoms with Gasteiger partial charge in [0.05, 0.1) is 0 Å². The lowest BCUT2D eigenvalue weighted by molar-refractivity contribution is 0.145. The van der Waals surface area contributed by atoms with Crippen molar-refractivity contribution in [3.05, 3.63) is 30.1 Å². The number of rotatable bonds is 6. The largest absolute Gasteiger partial charge is 0.296 e. The Morgan fingerprint density at radius 1 is 1.28 bits per heavy atom. The normalized spacial score (nSPS) is 21.1. The first-order valence-electron chi connectivity index (χ1n) is 7.56. The van der Waals surface area contributed by atoms with E-state index < -0.39 is 0 Å². The Morgan fingerprint density at radius 2 is 2.22 bits per heavy atom. The molecule has 18 heavy (non-hydrogen) atoms. The Balaban J connectivity index is 1.90. The molecular formula is C16H26N2. The minimum absolute atomic E-state index is 0.620. The maximum atomic E-state index is 4.28. The molecule has 1 fully saturated rings. The Bertz CT molecular complexity index is 323. The number of nitrogens with zero attached hydrogens (tertiary/aromatic N) is 2. The molecule has 1 aliphatic heterocycles. The smallest absolute Gasteiger partial charge is 0.0363 e. The Hall–Kier alpha value is -0.890. The third kappa shape index (κ3) is 3.81.